The fourth-order valence-corrected chi connectivity index (χ4v) is 0.330. The fraction of sp³-hybridized carbons (Fsp3) is 0.500. The first-order valence-corrected chi connectivity index (χ1v) is 2.91. The van der Waals surface area contributed by atoms with Crippen LogP contribution in [-0.4, -0.2) is 12.8 Å². The molecule has 46 valence electrons. The number of hydrogen-bond donors (Lipinski definition) is 1. The Balaban J connectivity index is 0.000000222. The molecule has 0 bridgehead atoms. The summed E-state index contributed by atoms with van der Waals surface area (Å²) in [6.07, 6.45) is 5.65. The molecule has 1 heterocycles. The van der Waals surface area contributed by atoms with E-state index in [2.05, 4.69) is 10.5 Å². The average molecular weight is 112 g/mol. The third kappa shape index (κ3) is 3.40. The van der Waals surface area contributed by atoms with Crippen LogP contribution in [0, 0.1) is 0 Å². The predicted molar refractivity (Wildman–Crippen MR) is 37.0 cm³/mol. The van der Waals surface area contributed by atoms with Gasteiger partial charge in [0.2, 0.25) is 0 Å². The Morgan fingerprint density at radius 3 is 2.38 bits per heavy atom. The molecule has 0 unspecified atom stereocenters. The van der Waals surface area contributed by atoms with Crippen LogP contribution in [0.2, 0.25) is 0 Å². The number of hydrazone groups is 1. The van der Waals surface area contributed by atoms with Crippen LogP contribution in [0.3, 0.4) is 0 Å². The minimum absolute atomic E-state index is 0.872. The summed E-state index contributed by atoms with van der Waals surface area (Å²) in [7, 11) is 0. The van der Waals surface area contributed by atoms with Gasteiger partial charge < -0.3 is 5.43 Å². The zero-order valence-electron chi connectivity index (χ0n) is 5.39. The highest BCUT2D eigenvalue weighted by atomic mass is 15.3. The van der Waals surface area contributed by atoms with E-state index in [0.717, 1.165) is 6.54 Å². The maximum Gasteiger partial charge on any atom is 0.0514 e. The van der Waals surface area contributed by atoms with Crippen molar-refractivity contribution in [1.29, 1.82) is 0 Å². The first-order valence-electron chi connectivity index (χ1n) is 2.91. The lowest BCUT2D eigenvalue weighted by Crippen LogP contribution is -2.07. The molecule has 1 aliphatic heterocycles. The maximum atomic E-state index is 3.72. The lowest BCUT2D eigenvalue weighted by Gasteiger charge is -1.93. The zero-order chi connectivity index (χ0) is 6.24. The Hall–Kier alpha value is -0.790. The molecule has 1 rings (SSSR count). The topological polar surface area (TPSA) is 24.4 Å². The number of nitrogens with zero attached hydrogens (tertiary/aromatic N) is 1. The Bertz CT molecular complexity index is 72.5. The van der Waals surface area contributed by atoms with Crippen LogP contribution in [0.1, 0.15) is 13.8 Å². The number of allylic oxidation sites excluding steroid dienone is 1. The van der Waals surface area contributed by atoms with Crippen molar-refractivity contribution in [2.24, 2.45) is 5.10 Å². The van der Waals surface area contributed by atoms with Crippen LogP contribution < -0.4 is 5.43 Å². The van der Waals surface area contributed by atoms with Gasteiger partial charge in [0.05, 0.1) is 6.54 Å². The van der Waals surface area contributed by atoms with Crippen molar-refractivity contribution in [1.82, 2.24) is 5.43 Å². The SMILES string of the molecule is C1=CCNN=C1.CC. The van der Waals surface area contributed by atoms with Gasteiger partial charge in [-0.1, -0.05) is 19.9 Å². The molecule has 0 aromatic heterocycles. The van der Waals surface area contributed by atoms with Crippen molar-refractivity contribution >= 4 is 6.21 Å². The van der Waals surface area contributed by atoms with Gasteiger partial charge in [0.1, 0.15) is 0 Å². The Morgan fingerprint density at radius 2 is 2.25 bits per heavy atom. The predicted octanol–water partition coefficient (Wildman–Crippen LogP) is 1.16. The summed E-state index contributed by atoms with van der Waals surface area (Å²) in [5, 5.41) is 3.72. The molecule has 0 radical (unpaired) electrons. The van der Waals surface area contributed by atoms with E-state index in [0.29, 0.717) is 0 Å². The zero-order valence-corrected chi connectivity index (χ0v) is 5.39. The fourth-order valence-electron chi connectivity index (χ4n) is 0.330. The van der Waals surface area contributed by atoms with Gasteiger partial charge in [-0.15, -0.1) is 0 Å². The molecule has 1 aliphatic rings. The van der Waals surface area contributed by atoms with Crippen LogP contribution in [-0.2, 0) is 0 Å². The second kappa shape index (κ2) is 6.21. The summed E-state index contributed by atoms with van der Waals surface area (Å²) >= 11 is 0. The number of nitrogens with one attached hydrogen (secondary N) is 1. The van der Waals surface area contributed by atoms with E-state index in [1.54, 1.807) is 6.21 Å². The van der Waals surface area contributed by atoms with Crippen molar-refractivity contribution in [2.75, 3.05) is 6.54 Å². The van der Waals surface area contributed by atoms with Gasteiger partial charge in [-0.05, 0) is 6.08 Å². The van der Waals surface area contributed by atoms with Crippen LogP contribution in [0.4, 0.5) is 0 Å². The number of hydrogen-bond acceptors (Lipinski definition) is 2. The van der Waals surface area contributed by atoms with Crippen molar-refractivity contribution in [3.8, 4) is 0 Å². The molecule has 0 saturated heterocycles. The lowest BCUT2D eigenvalue weighted by atomic mass is 10.5. The van der Waals surface area contributed by atoms with Gasteiger partial charge in [-0.25, -0.2) is 0 Å². The Labute approximate surface area is 50.3 Å². The summed E-state index contributed by atoms with van der Waals surface area (Å²) in [4.78, 5) is 0. The van der Waals surface area contributed by atoms with Crippen molar-refractivity contribution in [3.63, 3.8) is 0 Å². The van der Waals surface area contributed by atoms with Gasteiger partial charge in [0.25, 0.3) is 0 Å². The molecule has 0 amide bonds. The van der Waals surface area contributed by atoms with Crippen molar-refractivity contribution in [3.05, 3.63) is 12.2 Å². The van der Waals surface area contributed by atoms with E-state index in [1.807, 2.05) is 26.0 Å². The first-order chi connectivity index (χ1) is 4.00. The summed E-state index contributed by atoms with van der Waals surface area (Å²) < 4.78 is 0. The molecule has 0 aromatic carbocycles. The highest BCUT2D eigenvalue weighted by Crippen LogP contribution is 1.71. The third-order valence-electron chi connectivity index (χ3n) is 0.597. The summed E-state index contributed by atoms with van der Waals surface area (Å²) in [5.74, 6) is 0. The summed E-state index contributed by atoms with van der Waals surface area (Å²) in [5.41, 5.74) is 2.77. The van der Waals surface area contributed by atoms with Crippen LogP contribution in [0.25, 0.3) is 0 Å². The van der Waals surface area contributed by atoms with E-state index in [4.69, 9.17) is 0 Å². The molecule has 2 heteroatoms. The largest absolute Gasteiger partial charge is 0.306 e. The average Bonchev–Trinajstić information content (AvgIpc) is 1.96. The Kier molecular flexibility index (Phi) is 5.60. The molecule has 8 heavy (non-hydrogen) atoms. The molecule has 0 atom stereocenters. The normalized spacial score (nSPS) is 13.8. The van der Waals surface area contributed by atoms with E-state index in [1.165, 1.54) is 0 Å². The van der Waals surface area contributed by atoms with Crippen molar-refractivity contribution < 1.29 is 0 Å². The monoisotopic (exact) mass is 112 g/mol. The minimum Gasteiger partial charge on any atom is -0.306 e. The van der Waals surface area contributed by atoms with Crippen LogP contribution >= 0.6 is 0 Å². The lowest BCUT2D eigenvalue weighted by molar-refractivity contribution is 0.823. The van der Waals surface area contributed by atoms with E-state index in [9.17, 15) is 0 Å². The highest BCUT2D eigenvalue weighted by Gasteiger charge is 1.74. The molecule has 1 N–H and O–H groups in total. The molecule has 0 aromatic rings. The minimum atomic E-state index is 0.872. The van der Waals surface area contributed by atoms with Crippen LogP contribution in [0.5, 0.6) is 0 Å². The number of rotatable bonds is 0. The van der Waals surface area contributed by atoms with Gasteiger partial charge in [0.15, 0.2) is 0 Å². The second-order valence-electron chi connectivity index (χ2n) is 1.07. The van der Waals surface area contributed by atoms with Gasteiger partial charge >= 0.3 is 0 Å². The molecular formula is C6H12N2. The molecule has 0 fully saturated rings. The first kappa shape index (κ1) is 7.21. The summed E-state index contributed by atoms with van der Waals surface area (Å²) in [6, 6.07) is 0. The van der Waals surface area contributed by atoms with Gasteiger partial charge in [-0.2, -0.15) is 5.10 Å². The maximum absolute atomic E-state index is 3.72. The van der Waals surface area contributed by atoms with E-state index in [-0.39, 0.29) is 0 Å². The third-order valence-corrected chi connectivity index (χ3v) is 0.597. The molecule has 0 aliphatic carbocycles. The smallest absolute Gasteiger partial charge is 0.0514 e. The molecule has 0 saturated carbocycles. The summed E-state index contributed by atoms with van der Waals surface area (Å²) in [6.45, 7) is 4.87. The second-order valence-corrected chi connectivity index (χ2v) is 1.07. The van der Waals surface area contributed by atoms with Crippen LogP contribution in [0.15, 0.2) is 17.3 Å². The van der Waals surface area contributed by atoms with Crippen molar-refractivity contribution in [2.45, 2.75) is 13.8 Å². The molecule has 0 spiro atoms. The van der Waals surface area contributed by atoms with Gasteiger partial charge in [-0.3, -0.25) is 0 Å². The molecule has 2 nitrogen and oxygen atoms in total. The van der Waals surface area contributed by atoms with E-state index >= 15 is 0 Å². The van der Waals surface area contributed by atoms with E-state index < -0.39 is 0 Å². The highest BCUT2D eigenvalue weighted by molar-refractivity contribution is 5.71. The standard InChI is InChI=1S/C4H6N2.C2H6/c1-2-4-6-5-3-1;1-2/h1-3,6H,4H2;1-2H3. The van der Waals surface area contributed by atoms with Gasteiger partial charge in [0, 0.05) is 6.21 Å². The molecular weight excluding hydrogens is 100 g/mol. The Morgan fingerprint density at radius 1 is 1.50 bits per heavy atom. The quantitative estimate of drug-likeness (QED) is 0.499.